The SMILES string of the molecule is COCCCN(Cc1ccccc1C)C[C@@H](O)COC(C)C. The molecule has 0 heterocycles. The first-order chi connectivity index (χ1) is 10.5. The maximum Gasteiger partial charge on any atom is 0.0900 e. The minimum absolute atomic E-state index is 0.146. The van der Waals surface area contributed by atoms with E-state index in [2.05, 4.69) is 36.1 Å². The molecule has 0 saturated carbocycles. The van der Waals surface area contributed by atoms with Crippen molar-refractivity contribution in [3.63, 3.8) is 0 Å². The van der Waals surface area contributed by atoms with Gasteiger partial charge >= 0.3 is 0 Å². The van der Waals surface area contributed by atoms with Gasteiger partial charge < -0.3 is 14.6 Å². The molecule has 1 atom stereocenters. The molecule has 0 aliphatic carbocycles. The maximum absolute atomic E-state index is 10.2. The van der Waals surface area contributed by atoms with Crippen LogP contribution in [0, 0.1) is 6.92 Å². The van der Waals surface area contributed by atoms with Gasteiger partial charge in [0.25, 0.3) is 0 Å². The van der Waals surface area contributed by atoms with E-state index in [-0.39, 0.29) is 6.10 Å². The summed E-state index contributed by atoms with van der Waals surface area (Å²) in [5.41, 5.74) is 2.59. The van der Waals surface area contributed by atoms with Gasteiger partial charge in [0.1, 0.15) is 0 Å². The lowest BCUT2D eigenvalue weighted by molar-refractivity contribution is -0.0103. The average Bonchev–Trinajstić information content (AvgIpc) is 2.47. The Labute approximate surface area is 135 Å². The van der Waals surface area contributed by atoms with Gasteiger partial charge in [0.2, 0.25) is 0 Å². The molecule has 0 aliphatic rings. The first kappa shape index (κ1) is 19.1. The Kier molecular flexibility index (Phi) is 9.32. The van der Waals surface area contributed by atoms with Crippen LogP contribution in [0.1, 0.15) is 31.4 Å². The van der Waals surface area contributed by atoms with Gasteiger partial charge in [-0.25, -0.2) is 0 Å². The standard InChI is InChI=1S/C18H31NO3/c1-15(2)22-14-18(20)13-19(10-7-11-21-4)12-17-9-6-5-8-16(17)3/h5-6,8-9,15,18,20H,7,10-14H2,1-4H3/t18-/m1/s1. The number of ether oxygens (including phenoxy) is 2. The molecule has 0 fully saturated rings. The van der Waals surface area contributed by atoms with E-state index in [0.29, 0.717) is 13.2 Å². The van der Waals surface area contributed by atoms with Gasteiger partial charge in [-0.3, -0.25) is 4.90 Å². The minimum Gasteiger partial charge on any atom is -0.389 e. The first-order valence-corrected chi connectivity index (χ1v) is 8.08. The van der Waals surface area contributed by atoms with Crippen LogP contribution < -0.4 is 0 Å². The van der Waals surface area contributed by atoms with E-state index in [1.165, 1.54) is 11.1 Å². The quantitative estimate of drug-likeness (QED) is 0.638. The summed E-state index contributed by atoms with van der Waals surface area (Å²) in [7, 11) is 1.72. The predicted molar refractivity (Wildman–Crippen MR) is 90.0 cm³/mol. The lowest BCUT2D eigenvalue weighted by Gasteiger charge is -2.26. The molecule has 22 heavy (non-hydrogen) atoms. The van der Waals surface area contributed by atoms with Gasteiger partial charge in [0.15, 0.2) is 0 Å². The number of aryl methyl sites for hydroxylation is 1. The lowest BCUT2D eigenvalue weighted by atomic mass is 10.1. The number of rotatable bonds is 11. The van der Waals surface area contributed by atoms with Crippen molar-refractivity contribution in [2.24, 2.45) is 0 Å². The van der Waals surface area contributed by atoms with Crippen molar-refractivity contribution < 1.29 is 14.6 Å². The number of hydrogen-bond acceptors (Lipinski definition) is 4. The van der Waals surface area contributed by atoms with Crippen LogP contribution in [-0.2, 0) is 16.0 Å². The average molecular weight is 309 g/mol. The van der Waals surface area contributed by atoms with Crippen molar-refractivity contribution in [2.75, 3.05) is 33.4 Å². The number of hydrogen-bond donors (Lipinski definition) is 1. The fourth-order valence-corrected chi connectivity index (χ4v) is 2.35. The monoisotopic (exact) mass is 309 g/mol. The van der Waals surface area contributed by atoms with Gasteiger partial charge in [-0.1, -0.05) is 24.3 Å². The van der Waals surface area contributed by atoms with Crippen LogP contribution in [-0.4, -0.2) is 55.6 Å². The van der Waals surface area contributed by atoms with Gasteiger partial charge in [-0.15, -0.1) is 0 Å². The molecule has 1 N–H and O–H groups in total. The van der Waals surface area contributed by atoms with E-state index in [0.717, 1.165) is 26.1 Å². The Bertz CT molecular complexity index is 409. The summed E-state index contributed by atoms with van der Waals surface area (Å²) in [5.74, 6) is 0. The molecule has 0 radical (unpaired) electrons. The summed E-state index contributed by atoms with van der Waals surface area (Å²) in [6.07, 6.45) is 0.641. The second kappa shape index (κ2) is 10.7. The normalized spacial score (nSPS) is 13.0. The molecule has 0 unspecified atom stereocenters. The molecule has 4 heteroatoms. The van der Waals surface area contributed by atoms with Crippen molar-refractivity contribution in [3.05, 3.63) is 35.4 Å². The first-order valence-electron chi connectivity index (χ1n) is 8.08. The van der Waals surface area contributed by atoms with E-state index in [9.17, 15) is 5.11 Å². The molecule has 1 aromatic rings. The smallest absolute Gasteiger partial charge is 0.0900 e. The van der Waals surface area contributed by atoms with Crippen molar-refractivity contribution in [1.82, 2.24) is 4.90 Å². The van der Waals surface area contributed by atoms with Crippen molar-refractivity contribution in [2.45, 2.75) is 45.9 Å². The zero-order chi connectivity index (χ0) is 16.4. The fraction of sp³-hybridized carbons (Fsp3) is 0.667. The molecule has 0 saturated heterocycles. The van der Waals surface area contributed by atoms with Crippen LogP contribution in [0.15, 0.2) is 24.3 Å². The van der Waals surface area contributed by atoms with Crippen molar-refractivity contribution in [3.8, 4) is 0 Å². The van der Waals surface area contributed by atoms with Crippen LogP contribution in [0.4, 0.5) is 0 Å². The number of aliphatic hydroxyl groups excluding tert-OH is 1. The number of aliphatic hydroxyl groups is 1. The molecule has 0 aliphatic heterocycles. The van der Waals surface area contributed by atoms with E-state index >= 15 is 0 Å². The Balaban J connectivity index is 2.57. The molecular formula is C18H31NO3. The van der Waals surface area contributed by atoms with Crippen molar-refractivity contribution in [1.29, 1.82) is 0 Å². The Morgan fingerprint density at radius 3 is 2.59 bits per heavy atom. The van der Waals surface area contributed by atoms with Crippen molar-refractivity contribution >= 4 is 0 Å². The maximum atomic E-state index is 10.2. The second-order valence-electron chi connectivity index (χ2n) is 6.04. The highest BCUT2D eigenvalue weighted by Crippen LogP contribution is 2.11. The molecule has 126 valence electrons. The fourth-order valence-electron chi connectivity index (χ4n) is 2.35. The van der Waals surface area contributed by atoms with Crippen LogP contribution in [0.25, 0.3) is 0 Å². The van der Waals surface area contributed by atoms with Gasteiger partial charge in [0, 0.05) is 33.4 Å². The third-order valence-corrected chi connectivity index (χ3v) is 3.57. The van der Waals surface area contributed by atoms with E-state index < -0.39 is 6.10 Å². The summed E-state index contributed by atoms with van der Waals surface area (Å²) >= 11 is 0. The number of methoxy groups -OCH3 is 1. The van der Waals surface area contributed by atoms with Crippen LogP contribution in [0.3, 0.4) is 0 Å². The third kappa shape index (κ3) is 7.90. The molecular weight excluding hydrogens is 278 g/mol. The number of benzene rings is 1. The summed E-state index contributed by atoms with van der Waals surface area (Å²) in [6, 6.07) is 8.39. The predicted octanol–water partition coefficient (Wildman–Crippen LogP) is 2.62. The highest BCUT2D eigenvalue weighted by Gasteiger charge is 2.14. The largest absolute Gasteiger partial charge is 0.389 e. The zero-order valence-corrected chi connectivity index (χ0v) is 14.4. The molecule has 0 aromatic heterocycles. The molecule has 0 bridgehead atoms. The molecule has 0 amide bonds. The van der Waals surface area contributed by atoms with E-state index in [4.69, 9.17) is 9.47 Å². The van der Waals surface area contributed by atoms with Crippen LogP contribution >= 0.6 is 0 Å². The molecule has 4 nitrogen and oxygen atoms in total. The van der Waals surface area contributed by atoms with E-state index in [1.807, 2.05) is 13.8 Å². The summed E-state index contributed by atoms with van der Waals surface area (Å²) < 4.78 is 10.6. The summed E-state index contributed by atoms with van der Waals surface area (Å²) in [6.45, 7) is 9.57. The highest BCUT2D eigenvalue weighted by molar-refractivity contribution is 5.25. The van der Waals surface area contributed by atoms with Crippen LogP contribution in [0.2, 0.25) is 0 Å². The van der Waals surface area contributed by atoms with Gasteiger partial charge in [-0.05, 0) is 38.3 Å². The Morgan fingerprint density at radius 1 is 1.23 bits per heavy atom. The van der Waals surface area contributed by atoms with E-state index in [1.54, 1.807) is 7.11 Å². The highest BCUT2D eigenvalue weighted by atomic mass is 16.5. The second-order valence-corrected chi connectivity index (χ2v) is 6.04. The van der Waals surface area contributed by atoms with Gasteiger partial charge in [-0.2, -0.15) is 0 Å². The van der Waals surface area contributed by atoms with Crippen LogP contribution in [0.5, 0.6) is 0 Å². The third-order valence-electron chi connectivity index (χ3n) is 3.57. The summed E-state index contributed by atoms with van der Waals surface area (Å²) in [4.78, 5) is 2.27. The number of nitrogens with zero attached hydrogens (tertiary/aromatic N) is 1. The minimum atomic E-state index is -0.464. The summed E-state index contributed by atoms with van der Waals surface area (Å²) in [5, 5.41) is 10.2. The molecule has 1 aromatic carbocycles. The zero-order valence-electron chi connectivity index (χ0n) is 14.4. The topological polar surface area (TPSA) is 41.9 Å². The lowest BCUT2D eigenvalue weighted by Crippen LogP contribution is -2.36. The molecule has 0 spiro atoms. The Hall–Kier alpha value is -0.940. The molecule has 1 rings (SSSR count). The van der Waals surface area contributed by atoms with Gasteiger partial charge in [0.05, 0.1) is 18.8 Å². The Morgan fingerprint density at radius 2 is 1.95 bits per heavy atom.